The number of rotatable bonds is 22. The maximum absolute atomic E-state index is 11.6. The first-order chi connectivity index (χ1) is 18.5. The number of ether oxygens (including phenoxy) is 5. The molecule has 0 rings (SSSR count). The fourth-order valence-electron chi connectivity index (χ4n) is 4.52. The minimum Gasteiger partial charge on any atom is -0.469 e. The van der Waals surface area contributed by atoms with Gasteiger partial charge in [-0.1, -0.05) is 13.8 Å². The molecule has 0 radical (unpaired) electrons. The summed E-state index contributed by atoms with van der Waals surface area (Å²) in [6.45, 7) is 11.7. The van der Waals surface area contributed by atoms with Gasteiger partial charge in [-0.2, -0.15) is 0 Å². The van der Waals surface area contributed by atoms with Crippen molar-refractivity contribution in [3.8, 4) is 0 Å². The third-order valence-corrected chi connectivity index (χ3v) is 6.86. The van der Waals surface area contributed by atoms with Crippen LogP contribution in [-0.4, -0.2) is 114 Å². The highest BCUT2D eigenvalue weighted by Crippen LogP contribution is 2.17. The summed E-state index contributed by atoms with van der Waals surface area (Å²) in [5.74, 6) is -0.559. The smallest absolute Gasteiger partial charge is 0.306 e. The van der Waals surface area contributed by atoms with Gasteiger partial charge in [-0.05, 0) is 38.5 Å². The molecule has 0 aliphatic rings. The van der Waals surface area contributed by atoms with Crippen molar-refractivity contribution in [2.45, 2.75) is 78.3 Å². The van der Waals surface area contributed by atoms with E-state index >= 15 is 0 Å². The van der Waals surface area contributed by atoms with Crippen LogP contribution in [0.15, 0.2) is 0 Å². The van der Waals surface area contributed by atoms with Crippen molar-refractivity contribution >= 4 is 23.9 Å². The summed E-state index contributed by atoms with van der Waals surface area (Å²) >= 11 is 0. The fraction of sp³-hybridized carbons (Fsp3) is 0.857. The third-order valence-electron chi connectivity index (χ3n) is 6.86. The Kier molecular flexibility index (Phi) is 20.3. The number of hydrogen-bond donors (Lipinski definition) is 0. The molecule has 0 fully saturated rings. The van der Waals surface area contributed by atoms with Crippen LogP contribution in [0, 0.1) is 11.8 Å². The lowest BCUT2D eigenvalue weighted by Crippen LogP contribution is -2.38. The predicted octanol–water partition coefficient (Wildman–Crippen LogP) is 2.69. The molecule has 0 aliphatic carbocycles. The van der Waals surface area contributed by atoms with Crippen LogP contribution in [0.5, 0.6) is 0 Å². The summed E-state index contributed by atoms with van der Waals surface area (Å²) in [7, 11) is 5.48. The van der Waals surface area contributed by atoms with E-state index < -0.39 is 0 Å². The minimum absolute atomic E-state index is 0.147. The van der Waals surface area contributed by atoms with Crippen LogP contribution < -0.4 is 0 Å². The Labute approximate surface area is 234 Å². The first-order valence-corrected chi connectivity index (χ1v) is 13.8. The monoisotopic (exact) mass is 560 g/mol. The zero-order valence-corrected chi connectivity index (χ0v) is 25.4. The van der Waals surface area contributed by atoms with E-state index in [1.54, 1.807) is 0 Å². The fourth-order valence-corrected chi connectivity index (χ4v) is 4.52. The number of carbonyl (C=O) groups is 4. The molecule has 0 aromatic carbocycles. The minimum atomic E-state index is -0.279. The standard InChI is InChI=1S/C28H52N2O9/c1-21(17-23(3)29(13-9-25(31)35-5)14-10-26(32)36-6)19-39-20-22(2)18-24(4)30(15-11-27(33)37-7)16-12-28(34)38-8/h21-24H,9-20H2,1-8H3. The molecule has 0 saturated carbocycles. The van der Waals surface area contributed by atoms with Gasteiger partial charge in [0.05, 0.1) is 54.1 Å². The summed E-state index contributed by atoms with van der Waals surface area (Å²) in [5.41, 5.74) is 0. The Morgan fingerprint density at radius 3 is 1.00 bits per heavy atom. The number of methoxy groups -OCH3 is 4. The third kappa shape index (κ3) is 17.9. The average molecular weight is 561 g/mol. The van der Waals surface area contributed by atoms with Gasteiger partial charge in [-0.3, -0.25) is 29.0 Å². The first kappa shape index (κ1) is 36.8. The van der Waals surface area contributed by atoms with E-state index in [1.165, 1.54) is 28.4 Å². The van der Waals surface area contributed by atoms with Gasteiger partial charge in [0.25, 0.3) is 0 Å². The highest BCUT2D eigenvalue weighted by molar-refractivity contribution is 5.70. The van der Waals surface area contributed by atoms with Crippen LogP contribution >= 0.6 is 0 Å². The largest absolute Gasteiger partial charge is 0.469 e. The van der Waals surface area contributed by atoms with Crippen LogP contribution in [0.4, 0.5) is 0 Å². The van der Waals surface area contributed by atoms with E-state index in [4.69, 9.17) is 23.7 Å². The van der Waals surface area contributed by atoms with Crippen LogP contribution in [0.1, 0.15) is 66.2 Å². The van der Waals surface area contributed by atoms with Crippen LogP contribution in [0.2, 0.25) is 0 Å². The molecule has 228 valence electrons. The van der Waals surface area contributed by atoms with E-state index in [0.29, 0.717) is 39.4 Å². The lowest BCUT2D eigenvalue weighted by molar-refractivity contribution is -0.143. The SMILES string of the molecule is COC(=O)CCN(CCC(=O)OC)C(C)CC(C)COCC(C)CC(C)N(CCC(=O)OC)CCC(=O)OC. The van der Waals surface area contributed by atoms with E-state index in [-0.39, 0.29) is 73.5 Å². The summed E-state index contributed by atoms with van der Waals surface area (Å²) in [6.07, 6.45) is 2.75. The molecule has 0 aromatic heterocycles. The van der Waals surface area contributed by atoms with Gasteiger partial charge < -0.3 is 23.7 Å². The van der Waals surface area contributed by atoms with Gasteiger partial charge in [0.2, 0.25) is 0 Å². The molecule has 4 unspecified atom stereocenters. The van der Waals surface area contributed by atoms with Crippen LogP contribution in [-0.2, 0) is 42.9 Å². The zero-order valence-electron chi connectivity index (χ0n) is 25.4. The number of hydrogen-bond acceptors (Lipinski definition) is 11. The molecule has 0 N–H and O–H groups in total. The van der Waals surface area contributed by atoms with E-state index in [1.807, 2.05) is 0 Å². The molecule has 39 heavy (non-hydrogen) atoms. The Morgan fingerprint density at radius 1 is 0.513 bits per heavy atom. The number of esters is 4. The molecule has 0 aliphatic heterocycles. The maximum atomic E-state index is 11.6. The summed E-state index contributed by atoms with van der Waals surface area (Å²) < 4.78 is 25.1. The van der Waals surface area contributed by atoms with Crippen molar-refractivity contribution in [3.63, 3.8) is 0 Å². The average Bonchev–Trinajstić information content (AvgIpc) is 2.91. The van der Waals surface area contributed by atoms with Gasteiger partial charge in [-0.25, -0.2) is 0 Å². The lowest BCUT2D eigenvalue weighted by Gasteiger charge is -2.31. The molecule has 0 aromatic rings. The molecule has 0 heterocycles. The van der Waals surface area contributed by atoms with Gasteiger partial charge in [0.1, 0.15) is 0 Å². The van der Waals surface area contributed by atoms with Crippen molar-refractivity contribution in [2.75, 3.05) is 67.8 Å². The van der Waals surface area contributed by atoms with E-state index in [2.05, 4.69) is 37.5 Å². The summed E-state index contributed by atoms with van der Waals surface area (Å²) in [6, 6.07) is 0.294. The molecule has 4 atom stereocenters. The molecule has 11 nitrogen and oxygen atoms in total. The molecule has 0 spiro atoms. The first-order valence-electron chi connectivity index (χ1n) is 13.8. The molecular weight excluding hydrogens is 508 g/mol. The molecular formula is C28H52N2O9. The molecule has 0 amide bonds. The van der Waals surface area contributed by atoms with Gasteiger partial charge in [-0.15, -0.1) is 0 Å². The predicted molar refractivity (Wildman–Crippen MR) is 147 cm³/mol. The zero-order chi connectivity index (χ0) is 29.8. The Hall–Kier alpha value is -2.24. The second-order valence-corrected chi connectivity index (χ2v) is 10.3. The van der Waals surface area contributed by atoms with E-state index in [0.717, 1.165) is 12.8 Å². The Bertz CT molecular complexity index is 621. The van der Waals surface area contributed by atoms with Gasteiger partial charge >= 0.3 is 23.9 Å². The van der Waals surface area contributed by atoms with Crippen molar-refractivity contribution in [3.05, 3.63) is 0 Å². The van der Waals surface area contributed by atoms with Crippen molar-refractivity contribution in [2.24, 2.45) is 11.8 Å². The van der Waals surface area contributed by atoms with E-state index in [9.17, 15) is 19.2 Å². The quantitative estimate of drug-likeness (QED) is 0.143. The van der Waals surface area contributed by atoms with Gasteiger partial charge in [0.15, 0.2) is 0 Å². The number of carbonyl (C=O) groups excluding carboxylic acids is 4. The summed E-state index contributed by atoms with van der Waals surface area (Å²) in [4.78, 5) is 50.8. The molecule has 11 heteroatoms. The Morgan fingerprint density at radius 2 is 0.769 bits per heavy atom. The highest BCUT2D eigenvalue weighted by atomic mass is 16.5. The Balaban J connectivity index is 4.72. The normalized spacial score (nSPS) is 14.4. The van der Waals surface area contributed by atoms with Gasteiger partial charge in [0, 0.05) is 51.5 Å². The molecule has 0 bridgehead atoms. The van der Waals surface area contributed by atoms with Crippen molar-refractivity contribution < 1.29 is 42.9 Å². The van der Waals surface area contributed by atoms with Crippen LogP contribution in [0.25, 0.3) is 0 Å². The highest BCUT2D eigenvalue weighted by Gasteiger charge is 2.21. The van der Waals surface area contributed by atoms with Crippen LogP contribution in [0.3, 0.4) is 0 Å². The van der Waals surface area contributed by atoms with Crippen molar-refractivity contribution in [1.82, 2.24) is 9.80 Å². The second-order valence-electron chi connectivity index (χ2n) is 10.3. The second kappa shape index (κ2) is 21.6. The summed E-state index contributed by atoms with van der Waals surface area (Å²) in [5, 5.41) is 0. The number of nitrogens with zero attached hydrogens (tertiary/aromatic N) is 2. The molecule has 0 saturated heterocycles. The topological polar surface area (TPSA) is 121 Å². The maximum Gasteiger partial charge on any atom is 0.306 e. The lowest BCUT2D eigenvalue weighted by atomic mass is 10.0. The van der Waals surface area contributed by atoms with Crippen molar-refractivity contribution in [1.29, 1.82) is 0 Å².